The molecular weight excluding hydrogens is 260 g/mol. The molecule has 0 aliphatic rings. The first-order valence-corrected chi connectivity index (χ1v) is 5.39. The van der Waals surface area contributed by atoms with Gasteiger partial charge in [0.15, 0.2) is 12.1 Å². The fourth-order valence-electron chi connectivity index (χ4n) is 1.35. The molecule has 0 fully saturated rings. The van der Waals surface area contributed by atoms with Crippen molar-refractivity contribution >= 4 is 28.0 Å². The zero-order valence-corrected chi connectivity index (χ0v) is 9.82. The second kappa shape index (κ2) is 5.19. The Morgan fingerprint density at radius 2 is 2.27 bits per heavy atom. The molecule has 0 spiro atoms. The molecule has 1 atom stereocenters. The molecule has 80 valence electrons. The average Bonchev–Trinajstić information content (AvgIpc) is 2.26. The Balaban J connectivity index is 3.34. The van der Waals surface area contributed by atoms with E-state index in [2.05, 4.69) is 15.9 Å². The number of Topliss-reactive ketones (excluding diaryl/α,β-unsaturated/α-hetero) is 1. The molecule has 0 aliphatic carbocycles. The minimum atomic E-state index is -0.371. The topological polar surface area (TPSA) is 54.4 Å². The van der Waals surface area contributed by atoms with E-state index in [0.29, 0.717) is 23.0 Å². The van der Waals surface area contributed by atoms with Gasteiger partial charge in [0.2, 0.25) is 0 Å². The van der Waals surface area contributed by atoms with Gasteiger partial charge in [0.1, 0.15) is 0 Å². The van der Waals surface area contributed by atoms with E-state index in [9.17, 15) is 9.59 Å². The zero-order valence-electron chi connectivity index (χ0n) is 8.24. The van der Waals surface area contributed by atoms with E-state index in [4.69, 9.17) is 5.11 Å². The first kappa shape index (κ1) is 12.1. The van der Waals surface area contributed by atoms with Gasteiger partial charge in [-0.1, -0.05) is 34.1 Å². The third kappa shape index (κ3) is 2.52. The van der Waals surface area contributed by atoms with Crippen LogP contribution in [-0.4, -0.2) is 22.0 Å². The molecule has 3 nitrogen and oxygen atoms in total. The molecule has 1 unspecified atom stereocenters. The number of halogens is 1. The van der Waals surface area contributed by atoms with E-state index in [1.54, 1.807) is 25.1 Å². The molecule has 0 radical (unpaired) electrons. The van der Waals surface area contributed by atoms with E-state index in [1.165, 1.54) is 0 Å². The SMILES string of the molecule is CC(Br)C(=O)c1c(C=O)cccc1CO. The van der Waals surface area contributed by atoms with E-state index < -0.39 is 0 Å². The molecule has 0 saturated heterocycles. The Hall–Kier alpha value is -1.00. The van der Waals surface area contributed by atoms with Gasteiger partial charge in [0.25, 0.3) is 0 Å². The molecule has 0 heterocycles. The van der Waals surface area contributed by atoms with Crippen LogP contribution in [0.3, 0.4) is 0 Å². The summed E-state index contributed by atoms with van der Waals surface area (Å²) >= 11 is 3.16. The molecule has 4 heteroatoms. The van der Waals surface area contributed by atoms with Crippen molar-refractivity contribution < 1.29 is 14.7 Å². The molecule has 0 aromatic heterocycles. The normalized spacial score (nSPS) is 12.2. The van der Waals surface area contributed by atoms with Crippen LogP contribution in [0.5, 0.6) is 0 Å². The van der Waals surface area contributed by atoms with Crippen molar-refractivity contribution in [3.63, 3.8) is 0 Å². The van der Waals surface area contributed by atoms with Crippen LogP contribution in [0.25, 0.3) is 0 Å². The molecule has 0 bridgehead atoms. The number of carbonyl (C=O) groups excluding carboxylic acids is 2. The molecule has 0 saturated carbocycles. The second-order valence-electron chi connectivity index (χ2n) is 3.14. The number of hydrogen-bond acceptors (Lipinski definition) is 3. The van der Waals surface area contributed by atoms with Crippen LogP contribution in [0.4, 0.5) is 0 Å². The molecular formula is C11H11BrO3. The molecule has 1 aromatic carbocycles. The van der Waals surface area contributed by atoms with Gasteiger partial charge in [-0.2, -0.15) is 0 Å². The number of aliphatic hydroxyl groups is 1. The quantitative estimate of drug-likeness (QED) is 0.517. The molecule has 15 heavy (non-hydrogen) atoms. The lowest BCUT2D eigenvalue weighted by Crippen LogP contribution is -2.15. The van der Waals surface area contributed by atoms with Crippen LogP contribution in [0.2, 0.25) is 0 Å². The Kier molecular flexibility index (Phi) is 4.17. The average molecular weight is 271 g/mol. The maximum absolute atomic E-state index is 11.8. The third-order valence-corrected chi connectivity index (χ3v) is 2.50. The summed E-state index contributed by atoms with van der Waals surface area (Å²) in [5.41, 5.74) is 1.10. The maximum atomic E-state index is 11.8. The van der Waals surface area contributed by atoms with E-state index >= 15 is 0 Å². The van der Waals surface area contributed by atoms with Crippen LogP contribution in [0.15, 0.2) is 18.2 Å². The van der Waals surface area contributed by atoms with Crippen molar-refractivity contribution in [1.29, 1.82) is 0 Å². The first-order chi connectivity index (χ1) is 7.11. The summed E-state index contributed by atoms with van der Waals surface area (Å²) in [6, 6.07) is 4.84. The highest BCUT2D eigenvalue weighted by atomic mass is 79.9. The highest BCUT2D eigenvalue weighted by Crippen LogP contribution is 2.18. The molecule has 1 rings (SSSR count). The Morgan fingerprint density at radius 3 is 2.73 bits per heavy atom. The zero-order chi connectivity index (χ0) is 11.4. The number of carbonyl (C=O) groups is 2. The molecule has 0 amide bonds. The predicted octanol–water partition coefficient (Wildman–Crippen LogP) is 1.96. The van der Waals surface area contributed by atoms with Gasteiger partial charge in [0.05, 0.1) is 11.4 Å². The van der Waals surface area contributed by atoms with Gasteiger partial charge in [-0.05, 0) is 12.5 Å². The minimum absolute atomic E-state index is 0.193. The van der Waals surface area contributed by atoms with Gasteiger partial charge >= 0.3 is 0 Å². The predicted molar refractivity (Wildman–Crippen MR) is 60.5 cm³/mol. The number of benzene rings is 1. The molecule has 1 aromatic rings. The Labute approximate surface area is 96.2 Å². The lowest BCUT2D eigenvalue weighted by molar-refractivity contribution is 0.0986. The second-order valence-corrected chi connectivity index (χ2v) is 4.51. The van der Waals surface area contributed by atoms with Crippen molar-refractivity contribution in [3.8, 4) is 0 Å². The number of aldehydes is 1. The summed E-state index contributed by atoms with van der Waals surface area (Å²) in [6.07, 6.45) is 0.627. The minimum Gasteiger partial charge on any atom is -0.392 e. The monoisotopic (exact) mass is 270 g/mol. The largest absolute Gasteiger partial charge is 0.392 e. The van der Waals surface area contributed by atoms with E-state index in [1.807, 2.05) is 0 Å². The van der Waals surface area contributed by atoms with Gasteiger partial charge in [-0.3, -0.25) is 9.59 Å². The van der Waals surface area contributed by atoms with Gasteiger partial charge < -0.3 is 5.11 Å². The number of rotatable bonds is 4. The van der Waals surface area contributed by atoms with Gasteiger partial charge in [-0.25, -0.2) is 0 Å². The van der Waals surface area contributed by atoms with E-state index in [-0.39, 0.29) is 17.2 Å². The highest BCUT2D eigenvalue weighted by Gasteiger charge is 2.19. The van der Waals surface area contributed by atoms with Crippen LogP contribution in [0, 0.1) is 0 Å². The first-order valence-electron chi connectivity index (χ1n) is 4.48. The van der Waals surface area contributed by atoms with Crippen LogP contribution >= 0.6 is 15.9 Å². The lowest BCUT2D eigenvalue weighted by atomic mass is 9.97. The summed E-state index contributed by atoms with van der Waals surface area (Å²) in [4.78, 5) is 22.2. The van der Waals surface area contributed by atoms with E-state index in [0.717, 1.165) is 0 Å². The van der Waals surface area contributed by atoms with Crippen LogP contribution in [0.1, 0.15) is 33.2 Å². The smallest absolute Gasteiger partial charge is 0.177 e. The maximum Gasteiger partial charge on any atom is 0.177 e. The number of hydrogen-bond donors (Lipinski definition) is 1. The summed E-state index contributed by atoms with van der Waals surface area (Å²) in [6.45, 7) is 1.44. The molecule has 1 N–H and O–H groups in total. The van der Waals surface area contributed by atoms with Crippen LogP contribution < -0.4 is 0 Å². The molecule has 0 aliphatic heterocycles. The van der Waals surface area contributed by atoms with Crippen molar-refractivity contribution in [3.05, 3.63) is 34.9 Å². The van der Waals surface area contributed by atoms with Crippen molar-refractivity contribution in [2.45, 2.75) is 18.4 Å². The van der Waals surface area contributed by atoms with Crippen molar-refractivity contribution in [2.75, 3.05) is 0 Å². The van der Waals surface area contributed by atoms with Gasteiger partial charge in [0, 0.05) is 11.1 Å². The lowest BCUT2D eigenvalue weighted by Gasteiger charge is -2.10. The third-order valence-electron chi connectivity index (χ3n) is 2.09. The van der Waals surface area contributed by atoms with Crippen LogP contribution in [-0.2, 0) is 6.61 Å². The Bertz CT molecular complexity index is 385. The van der Waals surface area contributed by atoms with Crippen molar-refractivity contribution in [1.82, 2.24) is 0 Å². The van der Waals surface area contributed by atoms with Crippen molar-refractivity contribution in [2.24, 2.45) is 0 Å². The highest BCUT2D eigenvalue weighted by molar-refractivity contribution is 9.10. The summed E-state index contributed by atoms with van der Waals surface area (Å²) in [5.74, 6) is -0.193. The standard InChI is InChI=1S/C11H11BrO3/c1-7(12)11(15)10-8(5-13)3-2-4-9(10)6-14/h2-5,7,14H,6H2,1H3. The Morgan fingerprint density at radius 1 is 1.60 bits per heavy atom. The number of alkyl halides is 1. The van der Waals surface area contributed by atoms with Gasteiger partial charge in [-0.15, -0.1) is 0 Å². The number of aliphatic hydroxyl groups excluding tert-OH is 1. The summed E-state index contributed by atoms with van der Waals surface area (Å²) < 4.78 is 0. The fraction of sp³-hybridized carbons (Fsp3) is 0.273. The fourth-order valence-corrected chi connectivity index (χ4v) is 1.58. The summed E-state index contributed by atoms with van der Waals surface area (Å²) in [7, 11) is 0. The number of ketones is 1. The summed E-state index contributed by atoms with van der Waals surface area (Å²) in [5, 5.41) is 9.09.